The number of pyridine rings is 2. The topological polar surface area (TPSA) is 128 Å². The molecule has 10 heteroatoms. The van der Waals surface area contributed by atoms with Gasteiger partial charge in [-0.1, -0.05) is 42.5 Å². The first-order valence-electron chi connectivity index (χ1n) is 15.4. The van der Waals surface area contributed by atoms with Crippen LogP contribution >= 0.6 is 0 Å². The van der Waals surface area contributed by atoms with E-state index in [1.165, 1.54) is 10.7 Å². The number of carbonyl (C=O) groups is 1. The second-order valence-electron chi connectivity index (χ2n) is 11.8. The van der Waals surface area contributed by atoms with Gasteiger partial charge in [0.15, 0.2) is 11.5 Å². The van der Waals surface area contributed by atoms with Crippen molar-refractivity contribution in [3.8, 4) is 34.0 Å². The van der Waals surface area contributed by atoms with Crippen molar-refractivity contribution in [1.82, 2.24) is 34.2 Å². The quantitative estimate of drug-likeness (QED) is 0.244. The predicted molar refractivity (Wildman–Crippen MR) is 182 cm³/mol. The Bertz CT molecular complexity index is 2310. The molecule has 3 aromatic carbocycles. The molecule has 3 N–H and O–H groups in total. The van der Waals surface area contributed by atoms with Gasteiger partial charge in [0.2, 0.25) is 0 Å². The number of rotatable bonds is 6. The van der Waals surface area contributed by atoms with Crippen LogP contribution in [0.3, 0.4) is 0 Å². The van der Waals surface area contributed by atoms with Crippen LogP contribution in [0.2, 0.25) is 0 Å². The van der Waals surface area contributed by atoms with Gasteiger partial charge >= 0.3 is 0 Å². The Balaban J connectivity index is 1.05. The van der Waals surface area contributed by atoms with Crippen molar-refractivity contribution in [2.45, 2.75) is 12.8 Å². The fourth-order valence-corrected chi connectivity index (χ4v) is 6.15. The molecule has 7 aromatic rings. The predicted octanol–water partition coefficient (Wildman–Crippen LogP) is 5.76. The molecule has 0 spiro atoms. The largest absolute Gasteiger partial charge is 0.383 e. The standard InChI is InChI=1S/C37H30N8O2/c1-23-20-33(46)45(42-23)29-15-11-26(12-16-29)37(47)43-21-27(22-43)24-9-13-28(14-10-24)44-35(30-8-5-19-39-34(30)38)41-32-18-17-31(40-36(32)44)25-6-3-2-4-7-25/h2-20,27,42H,21-22H2,1H3,(H2,38,39). The van der Waals surface area contributed by atoms with Crippen LogP contribution < -0.4 is 11.3 Å². The van der Waals surface area contributed by atoms with Gasteiger partial charge in [-0.05, 0) is 73.2 Å². The molecule has 1 aliphatic heterocycles. The SMILES string of the molecule is Cc1cc(=O)n(-c2ccc(C(=O)N3CC(c4ccc(-n5c(-c6cccnc6N)nc6ccc(-c7ccccc7)nc65)cc4)C3)cc2)[nH]1. The molecule has 1 aliphatic rings. The fraction of sp³-hybridized carbons (Fsp3) is 0.108. The Labute approximate surface area is 269 Å². The summed E-state index contributed by atoms with van der Waals surface area (Å²) >= 11 is 0. The van der Waals surface area contributed by atoms with E-state index in [4.69, 9.17) is 15.7 Å². The zero-order valence-electron chi connectivity index (χ0n) is 25.5. The summed E-state index contributed by atoms with van der Waals surface area (Å²) in [7, 11) is 0. The molecule has 0 atom stereocenters. The number of hydrogen-bond acceptors (Lipinski definition) is 6. The maximum absolute atomic E-state index is 13.2. The summed E-state index contributed by atoms with van der Waals surface area (Å²) in [5.74, 6) is 1.26. The number of benzene rings is 3. The molecule has 47 heavy (non-hydrogen) atoms. The zero-order chi connectivity index (χ0) is 32.1. The number of nitrogens with two attached hydrogens (primary N) is 1. The molecule has 0 unspecified atom stereocenters. The van der Waals surface area contributed by atoms with E-state index in [0.29, 0.717) is 36.0 Å². The number of likely N-dealkylation sites (tertiary alicyclic amines) is 1. The van der Waals surface area contributed by atoms with Gasteiger partial charge in [0.1, 0.15) is 11.3 Å². The van der Waals surface area contributed by atoms with Crippen molar-refractivity contribution in [2.24, 2.45) is 0 Å². The molecular formula is C37H30N8O2. The van der Waals surface area contributed by atoms with Crippen LogP contribution in [0.4, 0.5) is 5.82 Å². The Morgan fingerprint density at radius 1 is 0.851 bits per heavy atom. The van der Waals surface area contributed by atoms with Crippen molar-refractivity contribution in [3.63, 3.8) is 0 Å². The summed E-state index contributed by atoms with van der Waals surface area (Å²) in [6.07, 6.45) is 1.67. The lowest BCUT2D eigenvalue weighted by molar-refractivity contribution is 0.0602. The number of fused-ring (bicyclic) bond motifs is 1. The summed E-state index contributed by atoms with van der Waals surface area (Å²) in [5, 5.41) is 3.01. The van der Waals surface area contributed by atoms with Gasteiger partial charge in [-0.15, -0.1) is 0 Å². The highest BCUT2D eigenvalue weighted by atomic mass is 16.2. The first kappa shape index (κ1) is 28.2. The number of nitrogens with one attached hydrogen (secondary N) is 1. The van der Waals surface area contributed by atoms with Gasteiger partial charge in [0, 0.05) is 53.8 Å². The monoisotopic (exact) mass is 618 g/mol. The number of aryl methyl sites for hydroxylation is 1. The second kappa shape index (κ2) is 11.3. The molecule has 10 nitrogen and oxygen atoms in total. The number of H-pyrrole nitrogens is 1. The van der Waals surface area contributed by atoms with Crippen LogP contribution in [-0.2, 0) is 0 Å². The average Bonchev–Trinajstić information content (AvgIpc) is 3.63. The van der Waals surface area contributed by atoms with E-state index in [1.807, 2.05) is 71.0 Å². The van der Waals surface area contributed by atoms with E-state index >= 15 is 0 Å². The number of carbonyl (C=O) groups excluding carboxylic acids is 1. The normalized spacial score (nSPS) is 13.2. The fourth-order valence-electron chi connectivity index (χ4n) is 6.15. The molecule has 4 aromatic heterocycles. The number of imidazole rings is 1. The molecule has 8 rings (SSSR count). The summed E-state index contributed by atoms with van der Waals surface area (Å²) in [6.45, 7) is 3.09. The van der Waals surface area contributed by atoms with Crippen LogP contribution in [0.1, 0.15) is 27.5 Å². The number of amides is 1. The number of nitrogens with zero attached hydrogens (tertiary/aromatic N) is 6. The zero-order valence-corrected chi connectivity index (χ0v) is 25.5. The van der Waals surface area contributed by atoms with E-state index < -0.39 is 0 Å². The van der Waals surface area contributed by atoms with Crippen molar-refractivity contribution < 1.29 is 4.79 Å². The number of aromatic amines is 1. The van der Waals surface area contributed by atoms with Crippen LogP contribution in [0.15, 0.2) is 120 Å². The van der Waals surface area contributed by atoms with Gasteiger partial charge in [-0.25, -0.2) is 19.6 Å². The maximum atomic E-state index is 13.2. The lowest BCUT2D eigenvalue weighted by Crippen LogP contribution is -2.48. The highest BCUT2D eigenvalue weighted by Crippen LogP contribution is 2.34. The molecule has 5 heterocycles. The van der Waals surface area contributed by atoms with E-state index in [1.54, 1.807) is 30.5 Å². The lowest BCUT2D eigenvalue weighted by atomic mass is 9.90. The van der Waals surface area contributed by atoms with Gasteiger partial charge < -0.3 is 10.6 Å². The Morgan fingerprint density at radius 2 is 1.60 bits per heavy atom. The molecule has 1 saturated heterocycles. The molecule has 0 radical (unpaired) electrons. The molecule has 230 valence electrons. The Morgan fingerprint density at radius 3 is 2.30 bits per heavy atom. The van der Waals surface area contributed by atoms with Crippen LogP contribution in [0.5, 0.6) is 0 Å². The average molecular weight is 619 g/mol. The first-order chi connectivity index (χ1) is 22.9. The van der Waals surface area contributed by atoms with Gasteiger partial charge in [-0.2, -0.15) is 0 Å². The third-order valence-electron chi connectivity index (χ3n) is 8.67. The minimum absolute atomic E-state index is 0.0247. The summed E-state index contributed by atoms with van der Waals surface area (Å²) < 4.78 is 3.49. The first-order valence-corrected chi connectivity index (χ1v) is 15.4. The van der Waals surface area contributed by atoms with Crippen molar-refractivity contribution in [2.75, 3.05) is 18.8 Å². The van der Waals surface area contributed by atoms with Crippen LogP contribution in [0, 0.1) is 6.92 Å². The number of nitrogen functional groups attached to an aromatic ring is 1. The molecule has 0 saturated carbocycles. The number of aromatic nitrogens is 6. The highest BCUT2D eigenvalue weighted by Gasteiger charge is 2.32. The van der Waals surface area contributed by atoms with Gasteiger partial charge in [0.25, 0.3) is 11.5 Å². The van der Waals surface area contributed by atoms with Crippen molar-refractivity contribution >= 4 is 22.9 Å². The van der Waals surface area contributed by atoms with Crippen LogP contribution in [-0.4, -0.2) is 53.2 Å². The summed E-state index contributed by atoms with van der Waals surface area (Å²) in [6, 6.07) is 34.8. The third-order valence-corrected chi connectivity index (χ3v) is 8.67. The summed E-state index contributed by atoms with van der Waals surface area (Å²) in [5.41, 5.74) is 14.4. The Kier molecular flexibility index (Phi) is 6.75. The second-order valence-corrected chi connectivity index (χ2v) is 11.8. The lowest BCUT2D eigenvalue weighted by Gasteiger charge is -2.39. The highest BCUT2D eigenvalue weighted by molar-refractivity contribution is 5.95. The van der Waals surface area contributed by atoms with Crippen LogP contribution in [0.25, 0.3) is 45.2 Å². The number of anilines is 1. The van der Waals surface area contributed by atoms with E-state index in [-0.39, 0.29) is 17.4 Å². The minimum Gasteiger partial charge on any atom is -0.383 e. The van der Waals surface area contributed by atoms with Crippen molar-refractivity contribution in [3.05, 3.63) is 143 Å². The molecular weight excluding hydrogens is 588 g/mol. The smallest absolute Gasteiger partial charge is 0.271 e. The molecule has 0 aliphatic carbocycles. The summed E-state index contributed by atoms with van der Waals surface area (Å²) in [4.78, 5) is 41.5. The third kappa shape index (κ3) is 5.05. The number of hydrogen-bond donors (Lipinski definition) is 2. The molecule has 1 fully saturated rings. The van der Waals surface area contributed by atoms with E-state index in [2.05, 4.69) is 34.3 Å². The Hall–Kier alpha value is -6.29. The molecule has 0 bridgehead atoms. The van der Waals surface area contributed by atoms with Gasteiger partial charge in [-0.3, -0.25) is 19.3 Å². The van der Waals surface area contributed by atoms with E-state index in [0.717, 1.165) is 44.9 Å². The van der Waals surface area contributed by atoms with Crippen molar-refractivity contribution in [1.29, 1.82) is 0 Å². The molecule has 1 amide bonds. The van der Waals surface area contributed by atoms with E-state index in [9.17, 15) is 9.59 Å². The van der Waals surface area contributed by atoms with Gasteiger partial charge in [0.05, 0.1) is 16.9 Å². The minimum atomic E-state index is -0.134. The maximum Gasteiger partial charge on any atom is 0.271 e.